The second-order valence-electron chi connectivity index (χ2n) is 7.06. The average molecular weight is 399 g/mol. The third-order valence-electron chi connectivity index (χ3n) is 4.77. The van der Waals surface area contributed by atoms with Crippen LogP contribution in [0, 0.1) is 0 Å². The first-order chi connectivity index (χ1) is 13.9. The molecular formula is C21H30BN3O4. The predicted molar refractivity (Wildman–Crippen MR) is 115 cm³/mol. The van der Waals surface area contributed by atoms with E-state index in [0.717, 1.165) is 35.8 Å². The van der Waals surface area contributed by atoms with Crippen molar-refractivity contribution >= 4 is 29.7 Å². The second kappa shape index (κ2) is 11.6. The molecular weight excluding hydrogens is 369 g/mol. The smallest absolute Gasteiger partial charge is 0.426 e. The van der Waals surface area contributed by atoms with Gasteiger partial charge in [-0.3, -0.25) is 14.5 Å². The van der Waals surface area contributed by atoms with Gasteiger partial charge in [-0.15, -0.1) is 0 Å². The van der Waals surface area contributed by atoms with Crippen LogP contribution in [-0.4, -0.2) is 66.0 Å². The van der Waals surface area contributed by atoms with E-state index < -0.39 is 19.1 Å². The Balaban J connectivity index is 2.18. The Morgan fingerprint density at radius 2 is 1.83 bits per heavy atom. The van der Waals surface area contributed by atoms with Crippen molar-refractivity contribution in [3.05, 3.63) is 48.0 Å². The zero-order valence-electron chi connectivity index (χ0n) is 17.1. The summed E-state index contributed by atoms with van der Waals surface area (Å²) in [6.07, 6.45) is 0.952. The summed E-state index contributed by atoms with van der Waals surface area (Å²) in [7, 11) is -1.65. The summed E-state index contributed by atoms with van der Waals surface area (Å²) in [5.41, 5.74) is 0.939. The molecule has 4 N–H and O–H groups in total. The maximum Gasteiger partial charge on any atom is 0.472 e. The van der Waals surface area contributed by atoms with E-state index in [2.05, 4.69) is 17.6 Å². The summed E-state index contributed by atoms with van der Waals surface area (Å²) < 4.78 is 0. The first-order valence-electron chi connectivity index (χ1n) is 10.1. The van der Waals surface area contributed by atoms with Gasteiger partial charge in [0.15, 0.2) is 0 Å². The van der Waals surface area contributed by atoms with Gasteiger partial charge in [0.25, 0.3) is 0 Å². The van der Waals surface area contributed by atoms with Crippen LogP contribution in [0.4, 0.5) is 0 Å². The van der Waals surface area contributed by atoms with Gasteiger partial charge in [0.1, 0.15) is 6.04 Å². The lowest BCUT2D eigenvalue weighted by Gasteiger charge is -2.23. The molecule has 0 aliphatic rings. The van der Waals surface area contributed by atoms with Gasteiger partial charge in [-0.05, 0) is 35.8 Å². The number of rotatable bonds is 11. The molecule has 0 bridgehead atoms. The predicted octanol–water partition coefficient (Wildman–Crippen LogP) is 0.727. The first-order valence-corrected chi connectivity index (χ1v) is 10.1. The zero-order chi connectivity index (χ0) is 21.2. The van der Waals surface area contributed by atoms with E-state index in [-0.39, 0.29) is 18.9 Å². The van der Waals surface area contributed by atoms with Crippen molar-refractivity contribution in [2.45, 2.75) is 32.7 Å². The van der Waals surface area contributed by atoms with Crippen molar-refractivity contribution in [1.29, 1.82) is 0 Å². The van der Waals surface area contributed by atoms with E-state index in [4.69, 9.17) is 10.0 Å². The minimum Gasteiger partial charge on any atom is -0.426 e. The number of hydrogen-bond donors (Lipinski definition) is 4. The van der Waals surface area contributed by atoms with Gasteiger partial charge in [-0.1, -0.05) is 56.3 Å². The maximum atomic E-state index is 12.6. The summed E-state index contributed by atoms with van der Waals surface area (Å²) in [4.78, 5) is 27.2. The first kappa shape index (κ1) is 22.9. The Labute approximate surface area is 172 Å². The fourth-order valence-electron chi connectivity index (χ4n) is 3.32. The second-order valence-corrected chi connectivity index (χ2v) is 7.06. The molecule has 2 aromatic carbocycles. The number of nitrogens with zero attached hydrogens (tertiary/aromatic N) is 1. The summed E-state index contributed by atoms with van der Waals surface area (Å²) in [6.45, 7) is 5.81. The molecule has 8 heteroatoms. The van der Waals surface area contributed by atoms with Gasteiger partial charge in [0, 0.05) is 6.42 Å². The lowest BCUT2D eigenvalue weighted by molar-refractivity contribution is -0.129. The number of fused-ring (bicyclic) bond motifs is 1. The van der Waals surface area contributed by atoms with Gasteiger partial charge in [-0.25, -0.2) is 0 Å². The lowest BCUT2D eigenvalue weighted by Crippen LogP contribution is -2.52. The molecule has 0 aliphatic carbocycles. The largest absolute Gasteiger partial charge is 0.472 e. The average Bonchev–Trinajstić information content (AvgIpc) is 2.71. The van der Waals surface area contributed by atoms with Crippen LogP contribution < -0.4 is 10.6 Å². The highest BCUT2D eigenvalue weighted by atomic mass is 16.4. The van der Waals surface area contributed by atoms with Crippen LogP contribution >= 0.6 is 0 Å². The van der Waals surface area contributed by atoms with E-state index in [0.29, 0.717) is 6.42 Å². The molecule has 0 aliphatic heterocycles. The van der Waals surface area contributed by atoms with Crippen LogP contribution in [0.15, 0.2) is 42.5 Å². The van der Waals surface area contributed by atoms with E-state index in [1.54, 1.807) is 0 Å². The van der Waals surface area contributed by atoms with Crippen molar-refractivity contribution in [2.24, 2.45) is 0 Å². The van der Waals surface area contributed by atoms with Gasteiger partial charge < -0.3 is 20.7 Å². The number of benzene rings is 2. The summed E-state index contributed by atoms with van der Waals surface area (Å²) in [5.74, 6) is -0.678. The normalized spacial score (nSPS) is 12.0. The molecule has 156 valence electrons. The molecule has 0 aromatic heterocycles. The molecule has 0 saturated carbocycles. The van der Waals surface area contributed by atoms with Crippen LogP contribution in [0.3, 0.4) is 0 Å². The summed E-state index contributed by atoms with van der Waals surface area (Å²) in [5, 5.41) is 25.5. The van der Waals surface area contributed by atoms with Crippen molar-refractivity contribution in [3.8, 4) is 0 Å². The highest BCUT2D eigenvalue weighted by molar-refractivity contribution is 6.41. The minimum atomic E-state index is -1.65. The van der Waals surface area contributed by atoms with Gasteiger partial charge in [0.05, 0.1) is 13.0 Å². The van der Waals surface area contributed by atoms with E-state index in [1.807, 2.05) is 54.3 Å². The Morgan fingerprint density at radius 3 is 2.52 bits per heavy atom. The molecule has 0 saturated heterocycles. The number of hydrogen-bond acceptors (Lipinski definition) is 5. The van der Waals surface area contributed by atoms with E-state index in [1.165, 1.54) is 0 Å². The third kappa shape index (κ3) is 7.16. The highest BCUT2D eigenvalue weighted by Gasteiger charge is 2.24. The van der Waals surface area contributed by atoms with Crippen molar-refractivity contribution in [1.82, 2.24) is 15.5 Å². The molecule has 1 atom stereocenters. The Kier molecular flexibility index (Phi) is 9.11. The number of carbonyl (C=O) groups excluding carboxylic acids is 2. The van der Waals surface area contributed by atoms with Crippen LogP contribution in [0.25, 0.3) is 10.8 Å². The molecule has 2 amide bonds. The quantitative estimate of drug-likeness (QED) is 0.418. The van der Waals surface area contributed by atoms with Gasteiger partial charge >= 0.3 is 7.12 Å². The fourth-order valence-corrected chi connectivity index (χ4v) is 3.32. The van der Waals surface area contributed by atoms with Crippen molar-refractivity contribution < 1.29 is 19.6 Å². The number of carbonyl (C=O) groups is 2. The molecule has 2 rings (SSSR count). The topological polar surface area (TPSA) is 102 Å². The van der Waals surface area contributed by atoms with Crippen LogP contribution in [-0.2, 0) is 16.0 Å². The van der Waals surface area contributed by atoms with Crippen molar-refractivity contribution in [3.63, 3.8) is 0 Å². The van der Waals surface area contributed by atoms with E-state index >= 15 is 0 Å². The van der Waals surface area contributed by atoms with E-state index in [9.17, 15) is 9.59 Å². The minimum absolute atomic E-state index is 0.215. The summed E-state index contributed by atoms with van der Waals surface area (Å²) >= 11 is 0. The van der Waals surface area contributed by atoms with Gasteiger partial charge in [-0.2, -0.15) is 0 Å². The number of likely N-dealkylation sites (N-methyl/N-ethyl adjacent to an activating group) is 1. The van der Waals surface area contributed by atoms with Crippen LogP contribution in [0.1, 0.15) is 25.8 Å². The highest BCUT2D eigenvalue weighted by Crippen LogP contribution is 2.20. The number of nitrogens with one attached hydrogen (secondary N) is 2. The molecule has 0 spiro atoms. The van der Waals surface area contributed by atoms with Crippen molar-refractivity contribution in [2.75, 3.05) is 26.1 Å². The molecule has 0 heterocycles. The molecule has 7 nitrogen and oxygen atoms in total. The Hall–Kier alpha value is -2.42. The molecule has 0 radical (unpaired) electrons. The zero-order valence-corrected chi connectivity index (χ0v) is 17.1. The molecule has 0 fully saturated rings. The third-order valence-corrected chi connectivity index (χ3v) is 4.77. The molecule has 29 heavy (non-hydrogen) atoms. The Morgan fingerprint density at radius 1 is 1.10 bits per heavy atom. The fraction of sp³-hybridized carbons (Fsp3) is 0.429. The summed E-state index contributed by atoms with van der Waals surface area (Å²) in [6, 6.07) is 12.9. The maximum absolute atomic E-state index is 12.6. The standard InChI is InChI=1S/C21H30BN3O4/c1-3-12-25(4-2)14-20(26)24-19(21(27)23-15-22(28)29)13-17-10-7-9-16-8-5-6-11-18(16)17/h5-11,19,28-29H,3-4,12-15H2,1-2H3,(H,23,27)(H,24,26)/t19-/m0/s1. The van der Waals surface area contributed by atoms with Crippen LogP contribution in [0.5, 0.6) is 0 Å². The SMILES string of the molecule is CCCN(CC)CC(=O)N[C@@H](Cc1cccc2ccccc12)C(=O)NCB(O)O. The Bertz CT molecular complexity index is 810. The van der Waals surface area contributed by atoms with Gasteiger partial charge in [0.2, 0.25) is 11.8 Å². The lowest BCUT2D eigenvalue weighted by atomic mass is 9.92. The number of amides is 2. The molecule has 0 unspecified atom stereocenters. The van der Waals surface area contributed by atoms with Crippen LogP contribution in [0.2, 0.25) is 0 Å². The molecule has 2 aromatic rings. The monoisotopic (exact) mass is 399 g/mol.